The van der Waals surface area contributed by atoms with E-state index in [0.29, 0.717) is 38.4 Å². The SMILES string of the molecule is CCN(CC)CC.CCN(CC)CC.CCN(CC)CC.CCN(CC)CC.O=c1[nH]c(=O)n([C@H]2C[C@H](O)[C@@H](COP(=O)(O)OP(=O)(O)OP(=O)(O)O)O2)cc1C#CCOCCOCCOCCOC12C[C@@H]3C4CC5[C@H]6CC7C[C@@H]5[C@H]3C(C7)(C1)[C@@H]6[C@H]4C2. The molecule has 12 rings (SSSR count). The van der Waals surface area contributed by atoms with Gasteiger partial charge in [-0.05, 0) is 182 Å². The molecule has 11 fully saturated rings. The molecule has 0 amide bonds. The number of hydrogen-bond donors (Lipinski definition) is 6. The second kappa shape index (κ2) is 35.5. The Morgan fingerprint density at radius 3 is 1.52 bits per heavy atom. The van der Waals surface area contributed by atoms with Crippen LogP contribution >= 0.6 is 23.5 Å². The number of phosphoric acid groups is 3. The molecule has 1 saturated heterocycles. The van der Waals surface area contributed by atoms with Crippen LogP contribution in [0.15, 0.2) is 15.8 Å². The highest BCUT2D eigenvalue weighted by atomic mass is 31.3. The van der Waals surface area contributed by atoms with Gasteiger partial charge in [0.2, 0.25) is 0 Å². The lowest BCUT2D eigenvalue weighted by Gasteiger charge is -2.84. The number of ether oxygens (including phenoxy) is 5. The fraction of sp³-hybridized carbons (Fsp3) is 0.900. The number of H-pyrrole nitrogens is 1. The van der Waals surface area contributed by atoms with Crippen molar-refractivity contribution in [2.75, 3.05) is 131 Å². The fourth-order valence-corrected chi connectivity index (χ4v) is 19.5. The van der Waals surface area contributed by atoms with Gasteiger partial charge in [0.25, 0.3) is 5.56 Å². The Kier molecular flexibility index (Phi) is 31.0. The summed E-state index contributed by atoms with van der Waals surface area (Å²) in [7, 11) is -16.8. The molecule has 7 unspecified atom stereocenters. The minimum Gasteiger partial charge on any atom is -0.390 e. The predicted molar refractivity (Wildman–Crippen MR) is 334 cm³/mol. The van der Waals surface area contributed by atoms with Gasteiger partial charge in [-0.25, -0.2) is 18.5 Å². The second-order valence-corrected chi connectivity index (χ2v) is 28.7. The number of hydrogen-bond acceptors (Lipinski definition) is 18. The van der Waals surface area contributed by atoms with Gasteiger partial charge < -0.3 is 68.0 Å². The molecule has 1 aliphatic heterocycles. The lowest BCUT2D eigenvalue weighted by atomic mass is 9.21. The third-order valence-electron chi connectivity index (χ3n) is 20.1. The van der Waals surface area contributed by atoms with Crippen molar-refractivity contribution < 1.29 is 75.2 Å². The first-order valence-corrected chi connectivity index (χ1v) is 37.1. The summed E-state index contributed by atoms with van der Waals surface area (Å²) in [6.45, 7) is 42.1. The van der Waals surface area contributed by atoms with Crippen molar-refractivity contribution in [2.24, 2.45) is 58.7 Å². The summed E-state index contributed by atoms with van der Waals surface area (Å²) >= 11 is 0. The van der Waals surface area contributed by atoms with Gasteiger partial charge in [-0.2, -0.15) is 8.62 Å². The first-order chi connectivity index (χ1) is 41.3. The number of aliphatic hydroxyl groups is 1. The van der Waals surface area contributed by atoms with Gasteiger partial charge in [-0.1, -0.05) is 94.9 Å². The first-order valence-electron chi connectivity index (χ1n) is 32.6. The molecule has 1 aromatic rings. The van der Waals surface area contributed by atoms with Crippen LogP contribution in [0, 0.1) is 70.5 Å². The van der Waals surface area contributed by atoms with Gasteiger partial charge >= 0.3 is 29.2 Å². The standard InChI is InChI=1S/C36H51N2O18P3.4C6H15N/c39-28-13-30(54-29(28)18-53-58(45,46)56-59(47,48)55-57(42,43)44)38-17-21(33(40)37-34(38)41)2-1-3-49-4-5-50-6-7-51-8-9-52-35-15-26-23-12-22-24-10-20-11-25(22)32(27(23)16-35)36(14-20,19-35)31(24)26;4*1-4-7(5-2)6-3/h17,20,22-32,39H,3-16,18-19H2,(H,45,46)(H,47,48)(H,37,40,41)(H2,42,43,44);4*4-6H2,1-3H3/t20?,22?,23?,24-,25+,26+,27-,28-,29+,30+,31+,32-,35?,36?;;;;/m0..../s1. The number of rotatable bonds is 31. The summed E-state index contributed by atoms with van der Waals surface area (Å²) in [5.74, 6) is 14.1. The van der Waals surface area contributed by atoms with Crippen LogP contribution in [-0.4, -0.2) is 203 Å². The maximum Gasteiger partial charge on any atom is 0.490 e. The van der Waals surface area contributed by atoms with Gasteiger partial charge in [-0.3, -0.25) is 18.9 Å². The van der Waals surface area contributed by atoms with Gasteiger partial charge in [0, 0.05) is 12.6 Å². The number of phosphoric ester groups is 1. The number of aromatic nitrogens is 2. The van der Waals surface area contributed by atoms with E-state index in [0.717, 1.165) is 64.0 Å². The van der Waals surface area contributed by atoms with Gasteiger partial charge in [0.05, 0.1) is 58.0 Å². The van der Waals surface area contributed by atoms with Crippen LogP contribution in [0.1, 0.15) is 146 Å². The highest BCUT2D eigenvalue weighted by molar-refractivity contribution is 7.66. The minimum absolute atomic E-state index is 0.0490. The quantitative estimate of drug-likeness (QED) is 0.0239. The van der Waals surface area contributed by atoms with E-state index in [1.54, 1.807) is 0 Å². The third kappa shape index (κ3) is 20.6. The fourth-order valence-electron chi connectivity index (χ4n) is 16.5. The molecule has 6 N–H and O–H groups in total. The zero-order valence-corrected chi connectivity index (χ0v) is 57.1. The Hall–Kier alpha value is -1.75. The van der Waals surface area contributed by atoms with Crippen LogP contribution in [-0.2, 0) is 50.5 Å². The average Bonchev–Trinajstić information content (AvgIpc) is 1.47. The molecule has 0 aromatic carbocycles. The topological polar surface area (TPSA) is 294 Å². The number of nitrogens with zero attached hydrogens (tertiary/aromatic N) is 5. The zero-order chi connectivity index (χ0) is 64.3. The molecule has 10 saturated carbocycles. The predicted octanol–water partition coefficient (Wildman–Crippen LogP) is 7.44. The van der Waals surface area contributed by atoms with Crippen LogP contribution in [0.4, 0.5) is 0 Å². The van der Waals surface area contributed by atoms with Crippen LogP contribution in [0.2, 0.25) is 0 Å². The highest BCUT2D eigenvalue weighted by Gasteiger charge is 2.80. The highest BCUT2D eigenvalue weighted by Crippen LogP contribution is 2.85. The van der Waals surface area contributed by atoms with E-state index in [1.165, 1.54) is 123 Å². The van der Waals surface area contributed by atoms with Crippen LogP contribution < -0.4 is 11.2 Å². The molecule has 10 aliphatic carbocycles. The monoisotopic (exact) mass is 1300 g/mol. The van der Waals surface area contributed by atoms with Gasteiger partial charge in [0.1, 0.15) is 24.5 Å². The Labute approximate surface area is 518 Å². The number of aromatic amines is 1. The molecule has 0 radical (unpaired) electrons. The molecule has 24 nitrogen and oxygen atoms in total. The molecule has 16 atom stereocenters. The molecule has 27 heteroatoms. The molecule has 11 bridgehead atoms. The van der Waals surface area contributed by atoms with Crippen LogP contribution in [0.3, 0.4) is 0 Å². The molecule has 11 aliphatic rings. The van der Waals surface area contributed by atoms with Crippen molar-refractivity contribution in [1.29, 1.82) is 0 Å². The van der Waals surface area contributed by atoms with Gasteiger partial charge in [0.15, 0.2) is 0 Å². The van der Waals surface area contributed by atoms with Crippen molar-refractivity contribution >= 4 is 23.5 Å². The normalized spacial score (nSPS) is 31.3. The number of nitrogens with one attached hydrogen (secondary N) is 1. The third-order valence-corrected chi connectivity index (χ3v) is 23.9. The van der Waals surface area contributed by atoms with Crippen molar-refractivity contribution in [2.45, 2.75) is 158 Å². The summed E-state index contributed by atoms with van der Waals surface area (Å²) in [5.41, 5.74) is -1.17. The van der Waals surface area contributed by atoms with Crippen LogP contribution in [0.5, 0.6) is 0 Å². The van der Waals surface area contributed by atoms with E-state index >= 15 is 0 Å². The Morgan fingerprint density at radius 2 is 1.06 bits per heavy atom. The maximum atomic E-state index is 12.5. The van der Waals surface area contributed by atoms with E-state index in [1.807, 2.05) is 0 Å². The molecule has 1 aromatic heterocycles. The minimum atomic E-state index is -5.75. The molecular weight excluding hydrogens is 1190 g/mol. The largest absolute Gasteiger partial charge is 0.490 e. The maximum absolute atomic E-state index is 12.5. The Bertz CT molecular complexity index is 2450. The number of aliphatic hydroxyl groups excluding tert-OH is 1. The van der Waals surface area contributed by atoms with E-state index in [4.69, 9.17) is 33.5 Å². The smallest absolute Gasteiger partial charge is 0.390 e. The summed E-state index contributed by atoms with van der Waals surface area (Å²) in [6.07, 6.45) is 6.72. The average molecular weight is 1300 g/mol. The van der Waals surface area contributed by atoms with E-state index in [-0.39, 0.29) is 30.8 Å². The lowest BCUT2D eigenvalue weighted by Crippen LogP contribution is -2.80. The van der Waals surface area contributed by atoms with Crippen molar-refractivity contribution in [3.8, 4) is 11.8 Å². The van der Waals surface area contributed by atoms with Crippen LogP contribution in [0.25, 0.3) is 0 Å². The Balaban J connectivity index is 0.000000408. The first kappa shape index (κ1) is 76.0. The van der Waals surface area contributed by atoms with E-state index in [2.05, 4.69) is 133 Å². The second-order valence-electron chi connectivity index (χ2n) is 24.2. The Morgan fingerprint density at radius 1 is 0.598 bits per heavy atom. The molecule has 1 spiro atoms. The molecule has 2 heterocycles. The van der Waals surface area contributed by atoms with E-state index < -0.39 is 59.8 Å². The van der Waals surface area contributed by atoms with E-state index in [9.17, 15) is 38.2 Å². The summed E-state index contributed by atoms with van der Waals surface area (Å²) in [6, 6.07) is 0. The van der Waals surface area contributed by atoms with Crippen molar-refractivity contribution in [3.05, 3.63) is 32.6 Å². The van der Waals surface area contributed by atoms with Crippen molar-refractivity contribution in [3.63, 3.8) is 0 Å². The lowest BCUT2D eigenvalue weighted by molar-refractivity contribution is -0.377. The zero-order valence-electron chi connectivity index (χ0n) is 54.4. The van der Waals surface area contributed by atoms with Crippen molar-refractivity contribution in [1.82, 2.24) is 29.2 Å². The molecular formula is C60H111N6O18P3. The summed E-state index contributed by atoms with van der Waals surface area (Å²) in [4.78, 5) is 72.7. The van der Waals surface area contributed by atoms with Gasteiger partial charge in [-0.15, -0.1) is 0 Å². The summed E-state index contributed by atoms with van der Waals surface area (Å²) in [5, 5.41) is 10.4. The molecule has 504 valence electrons. The summed E-state index contributed by atoms with van der Waals surface area (Å²) < 4.78 is 76.4. The molecule has 87 heavy (non-hydrogen) atoms.